The summed E-state index contributed by atoms with van der Waals surface area (Å²) in [6.45, 7) is 1.62. The van der Waals surface area contributed by atoms with E-state index in [1.807, 2.05) is 6.26 Å². The van der Waals surface area contributed by atoms with E-state index in [1.54, 1.807) is 16.8 Å². The van der Waals surface area contributed by atoms with Gasteiger partial charge in [-0.05, 0) is 24.7 Å². The minimum atomic E-state index is -0.879. The molecule has 2 aromatic rings. The van der Waals surface area contributed by atoms with Crippen LogP contribution in [0.3, 0.4) is 0 Å². The lowest BCUT2D eigenvalue weighted by Crippen LogP contribution is -2.49. The molecule has 1 N–H and O–H groups in total. The Morgan fingerprint density at radius 1 is 1.45 bits per heavy atom. The Morgan fingerprint density at radius 2 is 2.23 bits per heavy atom. The van der Waals surface area contributed by atoms with Crippen LogP contribution in [-0.4, -0.2) is 50.0 Å². The standard InChI is InChI=1S/C14H16N4O3S/c1-22-13-15-6-10-2-3-11(19)18(12(10)16-13)5-4-9-7-17(8-9)14(20)21/h2-3,6,9H,4-5,7-8H2,1H3,(H,20,21). The van der Waals surface area contributed by atoms with Gasteiger partial charge in [-0.1, -0.05) is 11.8 Å². The van der Waals surface area contributed by atoms with Gasteiger partial charge in [-0.15, -0.1) is 0 Å². The number of aromatic nitrogens is 3. The molecule has 0 unspecified atom stereocenters. The Morgan fingerprint density at radius 3 is 2.91 bits per heavy atom. The summed E-state index contributed by atoms with van der Waals surface area (Å²) >= 11 is 1.43. The fraction of sp³-hybridized carbons (Fsp3) is 0.429. The third-order valence-corrected chi connectivity index (χ3v) is 4.43. The predicted octanol–water partition coefficient (Wildman–Crippen LogP) is 1.51. The molecule has 22 heavy (non-hydrogen) atoms. The van der Waals surface area contributed by atoms with Crippen LogP contribution in [0, 0.1) is 5.92 Å². The largest absolute Gasteiger partial charge is 0.465 e. The number of amides is 1. The average molecular weight is 320 g/mol. The van der Waals surface area contributed by atoms with Crippen molar-refractivity contribution >= 4 is 28.9 Å². The number of nitrogens with zero attached hydrogens (tertiary/aromatic N) is 4. The van der Waals surface area contributed by atoms with Gasteiger partial charge in [0.2, 0.25) is 0 Å². The molecular weight excluding hydrogens is 304 g/mol. The Kier molecular flexibility index (Phi) is 4.02. The Labute approximate surface area is 131 Å². The van der Waals surface area contributed by atoms with Crippen LogP contribution < -0.4 is 5.56 Å². The molecule has 1 fully saturated rings. The summed E-state index contributed by atoms with van der Waals surface area (Å²) in [6, 6.07) is 3.25. The predicted molar refractivity (Wildman–Crippen MR) is 83.3 cm³/mol. The summed E-state index contributed by atoms with van der Waals surface area (Å²) < 4.78 is 1.65. The zero-order valence-electron chi connectivity index (χ0n) is 12.1. The fourth-order valence-corrected chi connectivity index (χ4v) is 2.93. The molecule has 3 rings (SSSR count). The lowest BCUT2D eigenvalue weighted by atomic mass is 9.97. The van der Waals surface area contributed by atoms with E-state index in [0.717, 1.165) is 11.8 Å². The maximum Gasteiger partial charge on any atom is 0.407 e. The molecule has 0 aliphatic carbocycles. The lowest BCUT2D eigenvalue weighted by molar-refractivity contribution is 0.0766. The van der Waals surface area contributed by atoms with Gasteiger partial charge in [0.1, 0.15) is 5.65 Å². The highest BCUT2D eigenvalue weighted by Crippen LogP contribution is 2.20. The molecule has 0 aromatic carbocycles. The summed E-state index contributed by atoms with van der Waals surface area (Å²) in [5.41, 5.74) is 0.550. The third-order valence-electron chi connectivity index (χ3n) is 3.87. The smallest absolute Gasteiger partial charge is 0.407 e. The second kappa shape index (κ2) is 5.96. The van der Waals surface area contributed by atoms with Gasteiger partial charge in [0.25, 0.3) is 5.56 Å². The van der Waals surface area contributed by atoms with Crippen molar-refractivity contribution in [1.29, 1.82) is 0 Å². The summed E-state index contributed by atoms with van der Waals surface area (Å²) in [7, 11) is 0. The second-order valence-corrected chi connectivity index (χ2v) is 6.07. The van der Waals surface area contributed by atoms with Crippen LogP contribution in [0.1, 0.15) is 6.42 Å². The van der Waals surface area contributed by atoms with Gasteiger partial charge in [-0.3, -0.25) is 9.36 Å². The Balaban J connectivity index is 1.79. The Hall–Kier alpha value is -2.09. The van der Waals surface area contributed by atoms with E-state index in [2.05, 4.69) is 9.97 Å². The minimum Gasteiger partial charge on any atom is -0.465 e. The first-order chi connectivity index (χ1) is 10.6. The van der Waals surface area contributed by atoms with Gasteiger partial charge in [-0.25, -0.2) is 14.8 Å². The number of fused-ring (bicyclic) bond motifs is 1. The minimum absolute atomic E-state index is 0.0901. The lowest BCUT2D eigenvalue weighted by Gasteiger charge is -2.37. The molecule has 116 valence electrons. The van der Waals surface area contributed by atoms with E-state index in [9.17, 15) is 9.59 Å². The van der Waals surface area contributed by atoms with Crippen LogP contribution in [0.15, 0.2) is 28.3 Å². The molecule has 0 saturated carbocycles. The maximum absolute atomic E-state index is 12.1. The molecular formula is C14H16N4O3S. The number of carboxylic acid groups (broad SMARTS) is 1. The van der Waals surface area contributed by atoms with Crippen molar-refractivity contribution in [3.8, 4) is 0 Å². The average Bonchev–Trinajstić information content (AvgIpc) is 2.46. The van der Waals surface area contributed by atoms with Gasteiger partial charge in [0.15, 0.2) is 5.16 Å². The van der Waals surface area contributed by atoms with Crippen LogP contribution in [0.25, 0.3) is 11.0 Å². The zero-order valence-corrected chi connectivity index (χ0v) is 12.9. The fourth-order valence-electron chi connectivity index (χ4n) is 2.59. The third kappa shape index (κ3) is 2.78. The van der Waals surface area contributed by atoms with Crippen molar-refractivity contribution in [2.75, 3.05) is 19.3 Å². The van der Waals surface area contributed by atoms with E-state index < -0.39 is 6.09 Å². The molecule has 7 nitrogen and oxygen atoms in total. The van der Waals surface area contributed by atoms with Crippen LogP contribution in [0.5, 0.6) is 0 Å². The molecule has 0 bridgehead atoms. The number of aryl methyl sites for hydroxylation is 1. The molecule has 1 aliphatic rings. The zero-order chi connectivity index (χ0) is 15.7. The summed E-state index contributed by atoms with van der Waals surface area (Å²) in [5, 5.41) is 10.3. The van der Waals surface area contributed by atoms with E-state index in [4.69, 9.17) is 5.11 Å². The first-order valence-electron chi connectivity index (χ1n) is 6.97. The molecule has 1 aliphatic heterocycles. The number of rotatable bonds is 4. The van der Waals surface area contributed by atoms with Crippen LogP contribution in [0.2, 0.25) is 0 Å². The first-order valence-corrected chi connectivity index (χ1v) is 8.19. The Bertz CT molecular complexity index is 770. The van der Waals surface area contributed by atoms with Crippen LogP contribution in [-0.2, 0) is 6.54 Å². The molecule has 8 heteroatoms. The highest BCUT2D eigenvalue weighted by molar-refractivity contribution is 7.98. The van der Waals surface area contributed by atoms with Gasteiger partial charge in [0.05, 0.1) is 0 Å². The number of pyridine rings is 1. The highest BCUT2D eigenvalue weighted by Gasteiger charge is 2.30. The monoisotopic (exact) mass is 320 g/mol. The van der Waals surface area contributed by atoms with E-state index in [-0.39, 0.29) is 5.56 Å². The second-order valence-electron chi connectivity index (χ2n) is 5.30. The molecule has 1 amide bonds. The van der Waals surface area contributed by atoms with E-state index in [1.165, 1.54) is 22.7 Å². The number of hydrogen-bond acceptors (Lipinski definition) is 5. The van der Waals surface area contributed by atoms with Crippen molar-refractivity contribution in [1.82, 2.24) is 19.4 Å². The van der Waals surface area contributed by atoms with Crippen molar-refractivity contribution in [3.63, 3.8) is 0 Å². The normalized spacial score (nSPS) is 15.0. The summed E-state index contributed by atoms with van der Waals surface area (Å²) in [4.78, 5) is 32.9. The number of thioether (sulfide) groups is 1. The summed E-state index contributed by atoms with van der Waals surface area (Å²) in [6.07, 6.45) is 3.50. The van der Waals surface area contributed by atoms with Gasteiger partial charge >= 0.3 is 6.09 Å². The summed E-state index contributed by atoms with van der Waals surface area (Å²) in [5.74, 6) is 0.306. The molecule has 3 heterocycles. The van der Waals surface area contributed by atoms with Crippen LogP contribution >= 0.6 is 11.8 Å². The molecule has 0 atom stereocenters. The molecule has 0 radical (unpaired) electrons. The number of carbonyl (C=O) groups is 1. The SMILES string of the molecule is CSc1ncc2ccc(=O)n(CCC3CN(C(=O)O)C3)c2n1. The van der Waals surface area contributed by atoms with Crippen LogP contribution in [0.4, 0.5) is 4.79 Å². The quantitative estimate of drug-likeness (QED) is 0.678. The number of hydrogen-bond donors (Lipinski definition) is 1. The number of likely N-dealkylation sites (tertiary alicyclic amines) is 1. The topological polar surface area (TPSA) is 88.3 Å². The maximum atomic E-state index is 12.1. The molecule has 1 saturated heterocycles. The molecule has 2 aromatic heterocycles. The van der Waals surface area contributed by atoms with Crippen molar-refractivity contribution < 1.29 is 9.90 Å². The van der Waals surface area contributed by atoms with Gasteiger partial charge < -0.3 is 10.0 Å². The van der Waals surface area contributed by atoms with Gasteiger partial charge in [-0.2, -0.15) is 0 Å². The van der Waals surface area contributed by atoms with E-state index in [0.29, 0.717) is 36.4 Å². The van der Waals surface area contributed by atoms with Crippen molar-refractivity contribution in [2.45, 2.75) is 18.1 Å². The van der Waals surface area contributed by atoms with Crippen molar-refractivity contribution in [3.05, 3.63) is 28.7 Å². The molecule has 0 spiro atoms. The first kappa shape index (κ1) is 14.8. The van der Waals surface area contributed by atoms with E-state index >= 15 is 0 Å². The highest BCUT2D eigenvalue weighted by atomic mass is 32.2. The van der Waals surface area contributed by atoms with Crippen molar-refractivity contribution in [2.24, 2.45) is 5.92 Å². The van der Waals surface area contributed by atoms with Gasteiger partial charge in [0, 0.05) is 37.3 Å².